The van der Waals surface area contributed by atoms with Crippen LogP contribution in [0.1, 0.15) is 69.4 Å². The smallest absolute Gasteiger partial charge is 0.0962 e. The molecule has 3 rings (SSSR count). The molecule has 1 aromatic carbocycles. The Labute approximate surface area is 172 Å². The van der Waals surface area contributed by atoms with Gasteiger partial charge in [-0.1, -0.05) is 52.2 Å². The molecule has 0 saturated heterocycles. The summed E-state index contributed by atoms with van der Waals surface area (Å²) in [6.45, 7) is 8.92. The lowest BCUT2D eigenvalue weighted by atomic mass is 9.90. The van der Waals surface area contributed by atoms with Crippen LogP contribution in [-0.4, -0.2) is 18.1 Å². The summed E-state index contributed by atoms with van der Waals surface area (Å²) in [5.74, 6) is 1.24. The highest BCUT2D eigenvalue weighted by molar-refractivity contribution is 7.97. The first-order chi connectivity index (χ1) is 13.2. The molecule has 0 atom stereocenters. The second-order valence-electron chi connectivity index (χ2n) is 7.74. The number of ether oxygens (including phenoxy) is 1. The van der Waals surface area contributed by atoms with Crippen molar-refractivity contribution in [1.82, 2.24) is 9.71 Å². The van der Waals surface area contributed by atoms with Crippen LogP contribution in [0.25, 0.3) is 10.4 Å². The van der Waals surface area contributed by atoms with Crippen LogP contribution in [0.2, 0.25) is 0 Å². The number of nitrogens with zero attached hydrogens (tertiary/aromatic N) is 1. The average Bonchev–Trinajstić information content (AvgIpc) is 3.17. The molecule has 148 valence electrons. The van der Waals surface area contributed by atoms with Crippen molar-refractivity contribution in [2.45, 2.75) is 70.3 Å². The first-order valence-corrected chi connectivity index (χ1v) is 11.9. The van der Waals surface area contributed by atoms with E-state index in [0.717, 1.165) is 13.2 Å². The molecule has 0 spiro atoms. The Hall–Kier alpha value is -0.880. The minimum atomic E-state index is 0.565. The molecule has 1 N–H and O–H groups in total. The maximum absolute atomic E-state index is 5.83. The highest BCUT2D eigenvalue weighted by Gasteiger charge is 2.20. The molecule has 0 aliphatic heterocycles. The van der Waals surface area contributed by atoms with Gasteiger partial charge in [-0.15, -0.1) is 11.3 Å². The molecule has 1 aliphatic rings. The Balaban J connectivity index is 1.77. The predicted octanol–water partition coefficient (Wildman–Crippen LogP) is 6.65. The number of rotatable bonds is 9. The van der Waals surface area contributed by atoms with Crippen molar-refractivity contribution < 1.29 is 4.74 Å². The molecule has 0 unspecified atom stereocenters. The Bertz CT molecular complexity index is 708. The SMILES string of the molecule is CCNSc1cc(COCC(C)C)ccc1-c1cnc(C2CCCCC2)s1. The van der Waals surface area contributed by atoms with Crippen molar-refractivity contribution in [2.24, 2.45) is 5.92 Å². The van der Waals surface area contributed by atoms with E-state index in [0.29, 0.717) is 18.4 Å². The zero-order valence-electron chi connectivity index (χ0n) is 16.8. The van der Waals surface area contributed by atoms with Crippen molar-refractivity contribution >= 4 is 23.3 Å². The Kier molecular flexibility index (Phi) is 8.19. The molecule has 27 heavy (non-hydrogen) atoms. The van der Waals surface area contributed by atoms with Gasteiger partial charge >= 0.3 is 0 Å². The van der Waals surface area contributed by atoms with Crippen LogP contribution in [0.15, 0.2) is 29.3 Å². The average molecular weight is 405 g/mol. The molecular weight excluding hydrogens is 372 g/mol. The van der Waals surface area contributed by atoms with Gasteiger partial charge in [0.25, 0.3) is 0 Å². The van der Waals surface area contributed by atoms with Crippen molar-refractivity contribution in [1.29, 1.82) is 0 Å². The molecule has 0 bridgehead atoms. The lowest BCUT2D eigenvalue weighted by Crippen LogP contribution is -2.03. The van der Waals surface area contributed by atoms with E-state index in [-0.39, 0.29) is 0 Å². The number of aromatic nitrogens is 1. The summed E-state index contributed by atoms with van der Waals surface area (Å²) >= 11 is 3.60. The highest BCUT2D eigenvalue weighted by Crippen LogP contribution is 2.40. The van der Waals surface area contributed by atoms with Gasteiger partial charge in [-0.05, 0) is 42.3 Å². The summed E-state index contributed by atoms with van der Waals surface area (Å²) in [4.78, 5) is 7.34. The second-order valence-corrected chi connectivity index (χ2v) is 9.73. The monoisotopic (exact) mass is 404 g/mol. The van der Waals surface area contributed by atoms with Crippen molar-refractivity contribution in [3.8, 4) is 10.4 Å². The third-order valence-corrected chi connectivity index (χ3v) is 7.02. The van der Waals surface area contributed by atoms with Crippen molar-refractivity contribution in [2.75, 3.05) is 13.2 Å². The molecule has 5 heteroatoms. The third-order valence-electron chi connectivity index (χ3n) is 4.84. The summed E-state index contributed by atoms with van der Waals surface area (Å²) in [5, 5.41) is 1.33. The van der Waals surface area contributed by atoms with E-state index in [9.17, 15) is 0 Å². The van der Waals surface area contributed by atoms with E-state index in [1.165, 1.54) is 58.0 Å². The van der Waals surface area contributed by atoms with Crippen LogP contribution in [0.5, 0.6) is 0 Å². The van der Waals surface area contributed by atoms with E-state index < -0.39 is 0 Å². The third kappa shape index (κ3) is 6.05. The van der Waals surface area contributed by atoms with E-state index in [1.807, 2.05) is 11.3 Å². The minimum absolute atomic E-state index is 0.565. The van der Waals surface area contributed by atoms with Crippen molar-refractivity contribution in [3.05, 3.63) is 35.0 Å². The minimum Gasteiger partial charge on any atom is -0.377 e. The first-order valence-electron chi connectivity index (χ1n) is 10.2. The molecule has 1 aromatic heterocycles. The fourth-order valence-electron chi connectivity index (χ4n) is 3.46. The molecular formula is C22H32N2OS2. The van der Waals surface area contributed by atoms with Crippen LogP contribution in [0, 0.1) is 5.92 Å². The van der Waals surface area contributed by atoms with Gasteiger partial charge in [0, 0.05) is 35.7 Å². The van der Waals surface area contributed by atoms with Crippen LogP contribution in [0.3, 0.4) is 0 Å². The van der Waals surface area contributed by atoms with E-state index in [2.05, 4.69) is 49.9 Å². The fourth-order valence-corrected chi connectivity index (χ4v) is 5.45. The van der Waals surface area contributed by atoms with Gasteiger partial charge in [-0.2, -0.15) is 0 Å². The number of thiazole rings is 1. The van der Waals surface area contributed by atoms with Gasteiger partial charge in [0.1, 0.15) is 0 Å². The summed E-state index contributed by atoms with van der Waals surface area (Å²) in [6, 6.07) is 6.71. The van der Waals surface area contributed by atoms with Crippen molar-refractivity contribution in [3.63, 3.8) is 0 Å². The van der Waals surface area contributed by atoms with Gasteiger partial charge in [0.2, 0.25) is 0 Å². The second kappa shape index (κ2) is 10.6. The van der Waals surface area contributed by atoms with Gasteiger partial charge in [0.15, 0.2) is 0 Å². The van der Waals surface area contributed by atoms with Gasteiger partial charge in [0.05, 0.1) is 16.5 Å². The Morgan fingerprint density at radius 3 is 2.81 bits per heavy atom. The lowest BCUT2D eigenvalue weighted by Gasteiger charge is -2.18. The summed E-state index contributed by atoms with van der Waals surface area (Å²) < 4.78 is 9.24. The van der Waals surface area contributed by atoms with Crippen LogP contribution in [0.4, 0.5) is 0 Å². The van der Waals surface area contributed by atoms with Gasteiger partial charge in [-0.25, -0.2) is 4.98 Å². The molecule has 0 radical (unpaired) electrons. The van der Waals surface area contributed by atoms with E-state index in [1.54, 1.807) is 11.9 Å². The normalized spacial score (nSPS) is 15.6. The molecule has 1 heterocycles. The highest BCUT2D eigenvalue weighted by atomic mass is 32.2. The Morgan fingerprint density at radius 2 is 2.07 bits per heavy atom. The lowest BCUT2D eigenvalue weighted by molar-refractivity contribution is 0.0970. The predicted molar refractivity (Wildman–Crippen MR) is 117 cm³/mol. The molecule has 3 nitrogen and oxygen atoms in total. The topological polar surface area (TPSA) is 34.1 Å². The zero-order chi connectivity index (χ0) is 19.1. The van der Waals surface area contributed by atoms with E-state index in [4.69, 9.17) is 9.72 Å². The molecule has 2 aromatic rings. The van der Waals surface area contributed by atoms with Crippen LogP contribution < -0.4 is 4.72 Å². The van der Waals surface area contributed by atoms with E-state index >= 15 is 0 Å². The Morgan fingerprint density at radius 1 is 1.26 bits per heavy atom. The molecule has 1 fully saturated rings. The van der Waals surface area contributed by atoms with Gasteiger partial charge < -0.3 is 4.74 Å². The standard InChI is InChI=1S/C22H32N2OS2/c1-4-24-27-20-12-17(15-25-14-16(2)3)10-11-19(20)21-13-23-22(26-21)18-8-6-5-7-9-18/h10-13,16,18,24H,4-9,14-15H2,1-3H3. The summed E-state index contributed by atoms with van der Waals surface area (Å²) in [7, 11) is 0. The van der Waals surface area contributed by atoms with Crippen LogP contribution in [-0.2, 0) is 11.3 Å². The first kappa shape index (κ1) is 20.8. The number of benzene rings is 1. The quantitative estimate of drug-likeness (QED) is 0.475. The maximum atomic E-state index is 5.83. The van der Waals surface area contributed by atoms with Gasteiger partial charge in [-0.3, -0.25) is 4.72 Å². The molecule has 0 amide bonds. The number of nitrogens with one attached hydrogen (secondary N) is 1. The molecule has 1 saturated carbocycles. The fraction of sp³-hybridized carbons (Fsp3) is 0.591. The number of hydrogen-bond donors (Lipinski definition) is 1. The largest absolute Gasteiger partial charge is 0.377 e. The maximum Gasteiger partial charge on any atom is 0.0962 e. The summed E-state index contributed by atoms with van der Waals surface area (Å²) in [5.41, 5.74) is 2.52. The zero-order valence-corrected chi connectivity index (χ0v) is 18.4. The number of hydrogen-bond acceptors (Lipinski definition) is 5. The van der Waals surface area contributed by atoms with Crippen LogP contribution >= 0.6 is 23.3 Å². The summed E-state index contributed by atoms with van der Waals surface area (Å²) in [6.07, 6.45) is 8.78. The molecule has 1 aliphatic carbocycles.